The molecule has 1 unspecified atom stereocenters. The van der Waals surface area contributed by atoms with Crippen LogP contribution in [0.3, 0.4) is 0 Å². The third kappa shape index (κ3) is 4.69. The number of nitrogens with one attached hydrogen (secondary N) is 1. The summed E-state index contributed by atoms with van der Waals surface area (Å²) in [6.45, 7) is 3.15. The van der Waals surface area contributed by atoms with Crippen molar-refractivity contribution in [1.82, 2.24) is 15.3 Å². The summed E-state index contributed by atoms with van der Waals surface area (Å²) in [4.78, 5) is 45.5. The highest BCUT2D eigenvalue weighted by molar-refractivity contribution is 5.99. The van der Waals surface area contributed by atoms with Crippen molar-refractivity contribution >= 4 is 17.6 Å². The second kappa shape index (κ2) is 10.2. The van der Waals surface area contributed by atoms with Gasteiger partial charge >= 0.3 is 11.9 Å². The number of pyridine rings is 2. The molecule has 0 saturated heterocycles. The molecule has 1 aromatic carbocycles. The largest absolute Gasteiger partial charge is 0.478 e. The second-order valence-corrected chi connectivity index (χ2v) is 8.11. The van der Waals surface area contributed by atoms with E-state index < -0.39 is 28.9 Å². The molecule has 0 saturated carbocycles. The highest BCUT2D eigenvalue weighted by Crippen LogP contribution is 2.43. The minimum absolute atomic E-state index is 0.0370. The van der Waals surface area contributed by atoms with E-state index in [1.54, 1.807) is 69.0 Å². The Morgan fingerprint density at radius 2 is 1.56 bits per heavy atom. The van der Waals surface area contributed by atoms with Crippen LogP contribution in [0.15, 0.2) is 95.9 Å². The van der Waals surface area contributed by atoms with Crippen LogP contribution in [0.25, 0.3) is 0 Å². The zero-order valence-electron chi connectivity index (χ0n) is 19.4. The fourth-order valence-corrected chi connectivity index (χ4v) is 4.32. The van der Waals surface area contributed by atoms with E-state index in [1.165, 1.54) is 18.2 Å². The summed E-state index contributed by atoms with van der Waals surface area (Å²) in [5.41, 5.74) is 1.32. The topological polar surface area (TPSA) is 145 Å². The Balaban J connectivity index is 1.84. The molecule has 2 aromatic heterocycles. The van der Waals surface area contributed by atoms with Crippen molar-refractivity contribution < 1.29 is 24.4 Å². The molecule has 4 rings (SSSR count). The summed E-state index contributed by atoms with van der Waals surface area (Å²) in [7, 11) is 0. The van der Waals surface area contributed by atoms with E-state index in [2.05, 4.69) is 15.3 Å². The van der Waals surface area contributed by atoms with E-state index >= 15 is 0 Å². The van der Waals surface area contributed by atoms with Crippen molar-refractivity contribution in [2.75, 3.05) is 0 Å². The molecule has 0 spiro atoms. The Morgan fingerprint density at radius 1 is 0.972 bits per heavy atom. The maximum absolute atomic E-state index is 13.8. The lowest BCUT2D eigenvalue weighted by Crippen LogP contribution is -2.32. The lowest BCUT2D eigenvalue weighted by molar-refractivity contribution is -0.385. The molecule has 0 radical (unpaired) electrons. The number of carbonyl (C=O) groups is 2. The number of aromatic nitrogens is 2. The number of carboxylic acid groups (broad SMARTS) is 1. The first-order valence-corrected chi connectivity index (χ1v) is 11.0. The number of ether oxygens (including phenoxy) is 1. The molecule has 3 aromatic rings. The van der Waals surface area contributed by atoms with Crippen LogP contribution in [0.1, 0.15) is 42.6 Å². The van der Waals surface area contributed by atoms with Gasteiger partial charge < -0.3 is 15.2 Å². The number of aliphatic carboxylic acids is 1. The van der Waals surface area contributed by atoms with Crippen LogP contribution in [-0.4, -0.2) is 31.9 Å². The van der Waals surface area contributed by atoms with Crippen LogP contribution < -0.4 is 5.32 Å². The van der Waals surface area contributed by atoms with Gasteiger partial charge in [-0.05, 0) is 26.0 Å². The molecule has 2 N–H and O–H groups in total. The second-order valence-electron chi connectivity index (χ2n) is 8.11. The summed E-state index contributed by atoms with van der Waals surface area (Å²) in [5, 5.41) is 24.8. The van der Waals surface area contributed by atoms with E-state index in [1.807, 2.05) is 0 Å². The minimum Gasteiger partial charge on any atom is -0.478 e. The monoisotopic (exact) mass is 486 g/mol. The molecule has 0 bridgehead atoms. The number of dihydropyridines is 1. The number of nitro groups is 1. The number of nitro benzene ring substituents is 1. The van der Waals surface area contributed by atoms with Crippen molar-refractivity contribution in [3.8, 4) is 0 Å². The molecule has 182 valence electrons. The Labute approximate surface area is 206 Å². The third-order valence-electron chi connectivity index (χ3n) is 5.85. The van der Waals surface area contributed by atoms with E-state index in [0.29, 0.717) is 16.8 Å². The molecule has 1 atom stereocenters. The number of rotatable bonds is 7. The number of hydrogen-bond donors (Lipinski definition) is 2. The van der Waals surface area contributed by atoms with Crippen LogP contribution in [0.5, 0.6) is 0 Å². The summed E-state index contributed by atoms with van der Waals surface area (Å²) >= 11 is 0. The Kier molecular flexibility index (Phi) is 6.86. The first-order valence-electron chi connectivity index (χ1n) is 11.0. The Morgan fingerprint density at radius 3 is 2.08 bits per heavy atom. The summed E-state index contributed by atoms with van der Waals surface area (Å²) in [5.74, 6) is -3.37. The zero-order chi connectivity index (χ0) is 25.8. The number of benzene rings is 1. The standard InChI is InChI=1S/C26H22N4O6/c1-15-21(25(31)32)23(19-9-3-4-10-20(19)30(34)35)22(16(2)29-15)26(33)36-24(17-7-5-11-27-13-17)18-8-6-12-28-14-18/h3-14,23-24,29H,1-2H3,(H,31,32). The average molecular weight is 486 g/mol. The maximum atomic E-state index is 13.8. The fourth-order valence-electron chi connectivity index (χ4n) is 4.32. The minimum atomic E-state index is -1.31. The zero-order valence-corrected chi connectivity index (χ0v) is 19.4. The van der Waals surface area contributed by atoms with Crippen molar-refractivity contribution in [2.24, 2.45) is 0 Å². The lowest BCUT2D eigenvalue weighted by atomic mass is 9.79. The van der Waals surface area contributed by atoms with Gasteiger partial charge in [-0.15, -0.1) is 0 Å². The first-order chi connectivity index (χ1) is 17.3. The highest BCUT2D eigenvalue weighted by Gasteiger charge is 2.41. The number of esters is 1. The van der Waals surface area contributed by atoms with Gasteiger partial charge in [-0.3, -0.25) is 20.1 Å². The summed E-state index contributed by atoms with van der Waals surface area (Å²) in [6, 6.07) is 12.6. The van der Waals surface area contributed by atoms with Gasteiger partial charge in [0.05, 0.1) is 22.0 Å². The quantitative estimate of drug-likeness (QED) is 0.287. The third-order valence-corrected chi connectivity index (χ3v) is 5.85. The van der Waals surface area contributed by atoms with E-state index in [4.69, 9.17) is 4.74 Å². The predicted molar refractivity (Wildman–Crippen MR) is 128 cm³/mol. The molecule has 3 heterocycles. The average Bonchev–Trinajstić information content (AvgIpc) is 2.87. The number of hydrogen-bond acceptors (Lipinski definition) is 8. The van der Waals surface area contributed by atoms with Gasteiger partial charge in [0.1, 0.15) is 0 Å². The number of carbonyl (C=O) groups excluding carboxylic acids is 1. The van der Waals surface area contributed by atoms with Gasteiger partial charge in [-0.25, -0.2) is 9.59 Å². The SMILES string of the molecule is CC1=C(C(=O)O)C(c2ccccc2[N+](=O)[O-])C(C(=O)OC(c2cccnc2)c2cccnc2)=C(C)N1. The number of para-hydroxylation sites is 1. The molecule has 1 aliphatic heterocycles. The van der Waals surface area contributed by atoms with Gasteiger partial charge in [-0.1, -0.05) is 30.3 Å². The van der Waals surface area contributed by atoms with Crippen molar-refractivity contribution in [2.45, 2.75) is 25.9 Å². The molecular formula is C26H22N4O6. The lowest BCUT2D eigenvalue weighted by Gasteiger charge is -2.30. The molecule has 0 aliphatic carbocycles. The molecule has 36 heavy (non-hydrogen) atoms. The maximum Gasteiger partial charge on any atom is 0.337 e. The highest BCUT2D eigenvalue weighted by atomic mass is 16.6. The van der Waals surface area contributed by atoms with Crippen LogP contribution in [0.2, 0.25) is 0 Å². The molecule has 0 fully saturated rings. The van der Waals surface area contributed by atoms with Gasteiger partial charge in [0, 0.05) is 58.9 Å². The fraction of sp³-hybridized carbons (Fsp3) is 0.154. The van der Waals surface area contributed by atoms with Crippen molar-refractivity contribution in [1.29, 1.82) is 0 Å². The van der Waals surface area contributed by atoms with Gasteiger partial charge in [0.2, 0.25) is 0 Å². The normalized spacial score (nSPS) is 15.5. The van der Waals surface area contributed by atoms with Gasteiger partial charge in [0.25, 0.3) is 5.69 Å². The molecule has 1 aliphatic rings. The summed E-state index contributed by atoms with van der Waals surface area (Å²) < 4.78 is 5.95. The first kappa shape index (κ1) is 24.3. The van der Waals surface area contributed by atoms with Crippen LogP contribution in [0.4, 0.5) is 5.69 Å². The van der Waals surface area contributed by atoms with Crippen molar-refractivity contribution in [3.05, 3.63) is 123 Å². The van der Waals surface area contributed by atoms with Crippen molar-refractivity contribution in [3.63, 3.8) is 0 Å². The van der Waals surface area contributed by atoms with Crippen LogP contribution in [-0.2, 0) is 14.3 Å². The Hall–Kier alpha value is -4.86. The van der Waals surface area contributed by atoms with E-state index in [9.17, 15) is 24.8 Å². The van der Waals surface area contributed by atoms with Crippen LogP contribution in [0, 0.1) is 10.1 Å². The molecule has 10 heteroatoms. The smallest absolute Gasteiger partial charge is 0.337 e. The van der Waals surface area contributed by atoms with E-state index in [-0.39, 0.29) is 28.1 Å². The number of allylic oxidation sites excluding steroid dienone is 2. The van der Waals surface area contributed by atoms with Gasteiger partial charge in [0.15, 0.2) is 6.10 Å². The number of carboxylic acids is 1. The van der Waals surface area contributed by atoms with Crippen LogP contribution >= 0.6 is 0 Å². The van der Waals surface area contributed by atoms with E-state index in [0.717, 1.165) is 0 Å². The molecule has 10 nitrogen and oxygen atoms in total. The number of nitrogens with zero attached hydrogens (tertiary/aromatic N) is 3. The molecular weight excluding hydrogens is 464 g/mol. The van der Waals surface area contributed by atoms with Gasteiger partial charge in [-0.2, -0.15) is 0 Å². The Bertz CT molecular complexity index is 1350. The molecule has 0 amide bonds. The predicted octanol–water partition coefficient (Wildman–Crippen LogP) is 4.04. The summed E-state index contributed by atoms with van der Waals surface area (Å²) in [6.07, 6.45) is 5.38.